The summed E-state index contributed by atoms with van der Waals surface area (Å²) >= 11 is 5.77. The van der Waals surface area contributed by atoms with Crippen LogP contribution in [0.4, 0.5) is 17.1 Å². The first-order chi connectivity index (χ1) is 14.4. The van der Waals surface area contributed by atoms with E-state index in [9.17, 15) is 24.5 Å². The van der Waals surface area contributed by atoms with E-state index in [0.717, 1.165) is 11.0 Å². The summed E-state index contributed by atoms with van der Waals surface area (Å²) in [5.41, 5.74) is 1.12. The molecular formula is C21H12ClN3O5. The molecule has 0 unspecified atom stereocenters. The third-order valence-corrected chi connectivity index (χ3v) is 4.90. The minimum absolute atomic E-state index is 0.0386. The number of imide groups is 1. The lowest BCUT2D eigenvalue weighted by Crippen LogP contribution is -2.29. The predicted octanol–water partition coefficient (Wildman–Crippen LogP) is 4.30. The minimum atomic E-state index is -0.644. The van der Waals surface area contributed by atoms with Crippen LogP contribution in [-0.2, 0) is 0 Å². The molecule has 30 heavy (non-hydrogen) atoms. The van der Waals surface area contributed by atoms with Crippen LogP contribution in [0, 0.1) is 10.1 Å². The minimum Gasteiger partial charge on any atom is -0.322 e. The molecule has 0 atom stereocenters. The van der Waals surface area contributed by atoms with E-state index in [0.29, 0.717) is 16.8 Å². The predicted molar refractivity (Wildman–Crippen MR) is 110 cm³/mol. The molecule has 0 aliphatic carbocycles. The van der Waals surface area contributed by atoms with Gasteiger partial charge in [0, 0.05) is 17.3 Å². The molecule has 3 aromatic carbocycles. The van der Waals surface area contributed by atoms with Crippen LogP contribution in [0.15, 0.2) is 66.7 Å². The highest BCUT2D eigenvalue weighted by molar-refractivity contribution is 6.34. The van der Waals surface area contributed by atoms with Gasteiger partial charge in [-0.3, -0.25) is 24.5 Å². The molecule has 0 saturated heterocycles. The maximum Gasteiger partial charge on any atom is 0.289 e. The number of anilines is 2. The topological polar surface area (TPSA) is 110 Å². The van der Waals surface area contributed by atoms with E-state index in [4.69, 9.17) is 11.6 Å². The molecule has 0 spiro atoms. The quantitative estimate of drug-likeness (QED) is 0.383. The van der Waals surface area contributed by atoms with Crippen LogP contribution in [0.5, 0.6) is 0 Å². The lowest BCUT2D eigenvalue weighted by molar-refractivity contribution is -0.384. The van der Waals surface area contributed by atoms with Gasteiger partial charge in [-0.25, -0.2) is 4.90 Å². The number of nitro benzene ring substituents is 1. The van der Waals surface area contributed by atoms with Crippen LogP contribution < -0.4 is 10.2 Å². The van der Waals surface area contributed by atoms with Gasteiger partial charge in [0.05, 0.1) is 21.7 Å². The van der Waals surface area contributed by atoms with E-state index >= 15 is 0 Å². The van der Waals surface area contributed by atoms with Crippen molar-refractivity contribution in [2.45, 2.75) is 0 Å². The average molecular weight is 422 g/mol. The van der Waals surface area contributed by atoms with Gasteiger partial charge in [0.15, 0.2) is 0 Å². The molecule has 0 aromatic heterocycles. The maximum absolute atomic E-state index is 12.5. The smallest absolute Gasteiger partial charge is 0.289 e. The Balaban J connectivity index is 1.54. The second-order valence-electron chi connectivity index (χ2n) is 6.42. The Morgan fingerprint density at radius 3 is 2.10 bits per heavy atom. The zero-order valence-electron chi connectivity index (χ0n) is 15.2. The summed E-state index contributed by atoms with van der Waals surface area (Å²) in [5.74, 6) is -1.37. The van der Waals surface area contributed by atoms with Gasteiger partial charge in [0.1, 0.15) is 5.02 Å². The van der Waals surface area contributed by atoms with Crippen LogP contribution >= 0.6 is 11.6 Å². The number of nitrogens with zero attached hydrogens (tertiary/aromatic N) is 2. The highest BCUT2D eigenvalue weighted by Crippen LogP contribution is 2.29. The van der Waals surface area contributed by atoms with Crippen molar-refractivity contribution in [3.05, 3.63) is 98.6 Å². The SMILES string of the molecule is O=C(Nc1ccc(Cl)c([N+](=O)[O-])c1)c1ccc(N2C(=O)c3ccccc3C2=O)cc1. The molecule has 3 amide bonds. The molecule has 3 aromatic rings. The normalized spacial score (nSPS) is 12.6. The molecule has 0 saturated carbocycles. The number of benzene rings is 3. The van der Waals surface area contributed by atoms with Crippen molar-refractivity contribution >= 4 is 46.4 Å². The fraction of sp³-hybridized carbons (Fsp3) is 0. The molecule has 1 aliphatic rings. The molecule has 9 heteroatoms. The van der Waals surface area contributed by atoms with Crippen molar-refractivity contribution in [2.75, 3.05) is 10.2 Å². The Morgan fingerprint density at radius 2 is 1.53 bits per heavy atom. The van der Waals surface area contributed by atoms with Crippen molar-refractivity contribution in [1.82, 2.24) is 0 Å². The number of nitrogens with one attached hydrogen (secondary N) is 1. The Bertz CT molecular complexity index is 1190. The maximum atomic E-state index is 12.5. The van der Waals surface area contributed by atoms with Gasteiger partial charge in [-0.1, -0.05) is 23.7 Å². The van der Waals surface area contributed by atoms with Gasteiger partial charge in [0.25, 0.3) is 23.4 Å². The molecule has 1 aliphatic heterocycles. The van der Waals surface area contributed by atoms with Gasteiger partial charge in [-0.15, -0.1) is 0 Å². The number of halogens is 1. The van der Waals surface area contributed by atoms with E-state index in [1.807, 2.05) is 0 Å². The largest absolute Gasteiger partial charge is 0.322 e. The zero-order valence-corrected chi connectivity index (χ0v) is 15.9. The number of hydrogen-bond acceptors (Lipinski definition) is 5. The van der Waals surface area contributed by atoms with E-state index in [-0.39, 0.29) is 22.0 Å². The molecule has 4 rings (SSSR count). The summed E-state index contributed by atoms with van der Waals surface area (Å²) in [6.07, 6.45) is 0. The van der Waals surface area contributed by atoms with Crippen molar-refractivity contribution < 1.29 is 19.3 Å². The fourth-order valence-corrected chi connectivity index (χ4v) is 3.31. The average Bonchev–Trinajstić information content (AvgIpc) is 3.00. The van der Waals surface area contributed by atoms with E-state index in [2.05, 4.69) is 5.32 Å². The Morgan fingerprint density at radius 1 is 0.933 bits per heavy atom. The van der Waals surface area contributed by atoms with E-state index in [1.165, 1.54) is 36.4 Å². The molecule has 148 valence electrons. The lowest BCUT2D eigenvalue weighted by Gasteiger charge is -2.14. The zero-order chi connectivity index (χ0) is 21.4. The second-order valence-corrected chi connectivity index (χ2v) is 6.82. The molecule has 1 N–H and O–H groups in total. The molecule has 1 heterocycles. The number of carbonyl (C=O) groups is 3. The van der Waals surface area contributed by atoms with E-state index in [1.54, 1.807) is 24.3 Å². The van der Waals surface area contributed by atoms with Crippen LogP contribution in [0.25, 0.3) is 0 Å². The number of fused-ring (bicyclic) bond motifs is 1. The number of hydrogen-bond donors (Lipinski definition) is 1. The highest BCUT2D eigenvalue weighted by atomic mass is 35.5. The fourth-order valence-electron chi connectivity index (χ4n) is 3.12. The number of amides is 3. The summed E-state index contributed by atoms with van der Waals surface area (Å²) in [6, 6.07) is 16.4. The first-order valence-electron chi connectivity index (χ1n) is 8.70. The van der Waals surface area contributed by atoms with Crippen LogP contribution in [0.2, 0.25) is 5.02 Å². The van der Waals surface area contributed by atoms with Crippen LogP contribution in [0.1, 0.15) is 31.1 Å². The highest BCUT2D eigenvalue weighted by Gasteiger charge is 2.36. The van der Waals surface area contributed by atoms with Gasteiger partial charge in [-0.05, 0) is 48.5 Å². The summed E-state index contributed by atoms with van der Waals surface area (Å²) in [5, 5.41) is 13.5. The van der Waals surface area contributed by atoms with Gasteiger partial charge >= 0.3 is 0 Å². The van der Waals surface area contributed by atoms with Gasteiger partial charge in [-0.2, -0.15) is 0 Å². The van der Waals surface area contributed by atoms with Gasteiger partial charge < -0.3 is 5.32 Å². The Hall–Kier alpha value is -4.04. The van der Waals surface area contributed by atoms with Crippen molar-refractivity contribution in [3.63, 3.8) is 0 Å². The molecular weight excluding hydrogens is 410 g/mol. The van der Waals surface area contributed by atoms with Crippen molar-refractivity contribution in [1.29, 1.82) is 0 Å². The first kappa shape index (κ1) is 19.3. The van der Waals surface area contributed by atoms with Crippen LogP contribution in [0.3, 0.4) is 0 Å². The standard InChI is InChI=1S/C21H12ClN3O5/c22-17-10-7-13(11-18(17)25(29)30)23-19(26)12-5-8-14(9-6-12)24-20(27)15-3-1-2-4-16(15)21(24)28/h1-11H,(H,23,26). The summed E-state index contributed by atoms with van der Waals surface area (Å²) < 4.78 is 0. The number of carbonyl (C=O) groups excluding carboxylic acids is 3. The van der Waals surface area contributed by atoms with Crippen LogP contribution in [-0.4, -0.2) is 22.6 Å². The van der Waals surface area contributed by atoms with Crippen molar-refractivity contribution in [3.8, 4) is 0 Å². The van der Waals surface area contributed by atoms with Gasteiger partial charge in [0.2, 0.25) is 0 Å². The molecule has 0 fully saturated rings. The van der Waals surface area contributed by atoms with E-state index < -0.39 is 22.6 Å². The summed E-state index contributed by atoms with van der Waals surface area (Å²) in [6.45, 7) is 0. The Labute approximate surface area is 174 Å². The van der Waals surface area contributed by atoms with Crippen molar-refractivity contribution in [2.24, 2.45) is 0 Å². The lowest BCUT2D eigenvalue weighted by atomic mass is 10.1. The summed E-state index contributed by atoms with van der Waals surface area (Å²) in [7, 11) is 0. The second kappa shape index (κ2) is 7.41. The summed E-state index contributed by atoms with van der Waals surface area (Å²) in [4.78, 5) is 48.9. The third-order valence-electron chi connectivity index (χ3n) is 4.58. The number of rotatable bonds is 4. The number of nitro groups is 1. The first-order valence-corrected chi connectivity index (χ1v) is 9.08. The Kier molecular flexibility index (Phi) is 4.77. The molecule has 0 bridgehead atoms. The molecule has 0 radical (unpaired) electrons. The third kappa shape index (κ3) is 3.29. The monoisotopic (exact) mass is 421 g/mol. The molecule has 8 nitrogen and oxygen atoms in total.